The van der Waals surface area contributed by atoms with Crippen LogP contribution in [-0.2, 0) is 4.79 Å². The van der Waals surface area contributed by atoms with Crippen molar-refractivity contribution < 1.29 is 26.7 Å². The summed E-state index contributed by atoms with van der Waals surface area (Å²) in [4.78, 5) is 14.8. The summed E-state index contributed by atoms with van der Waals surface area (Å²) in [6.45, 7) is 17.4. The van der Waals surface area contributed by atoms with E-state index in [4.69, 9.17) is 5.26 Å². The number of Topliss-reactive ketones (excluding diaryl/α,β-unsaturated/α-hetero) is 1. The Balaban J connectivity index is 0. The minimum Gasteiger partial charge on any atom is -0.300 e. The maximum Gasteiger partial charge on any atom is 0.394 e. The molecule has 188 valence electrons. The third-order valence-corrected chi connectivity index (χ3v) is 4.15. The molecule has 0 N–H and O–H groups in total. The van der Waals surface area contributed by atoms with Gasteiger partial charge in [-0.2, -0.15) is 18.4 Å². The van der Waals surface area contributed by atoms with E-state index in [1.54, 1.807) is 19.9 Å². The van der Waals surface area contributed by atoms with Gasteiger partial charge in [0.25, 0.3) is 0 Å². The molecule has 0 aliphatic rings. The Labute approximate surface area is 195 Å². The van der Waals surface area contributed by atoms with E-state index >= 15 is 0 Å². The van der Waals surface area contributed by atoms with E-state index in [1.165, 1.54) is 6.92 Å². The minimum absolute atomic E-state index is 0.0177. The SMILES string of the molecule is CC(C)(C)C.CCC(=O)CC(C)(C)C(F)(F)F.CCC(C)=Nc1c(F)cc(C#N)c(F)c1C. The molecule has 1 aromatic carbocycles. The van der Waals surface area contributed by atoms with Gasteiger partial charge in [-0.15, -0.1) is 0 Å². The minimum atomic E-state index is -4.29. The molecule has 0 unspecified atom stereocenters. The lowest BCUT2D eigenvalue weighted by atomic mass is 9.86. The molecule has 0 saturated heterocycles. The summed E-state index contributed by atoms with van der Waals surface area (Å²) in [7, 11) is 0. The highest BCUT2D eigenvalue weighted by molar-refractivity contribution is 5.84. The fourth-order valence-electron chi connectivity index (χ4n) is 1.95. The van der Waals surface area contributed by atoms with E-state index in [2.05, 4.69) is 32.7 Å². The monoisotopic (exact) mass is 476 g/mol. The van der Waals surface area contributed by atoms with E-state index in [0.717, 1.165) is 19.9 Å². The van der Waals surface area contributed by atoms with Crippen molar-refractivity contribution in [3.63, 3.8) is 0 Å². The summed E-state index contributed by atoms with van der Waals surface area (Å²) in [5.74, 6) is -1.72. The van der Waals surface area contributed by atoms with Crippen LogP contribution in [0.1, 0.15) is 92.7 Å². The molecule has 3 nitrogen and oxygen atoms in total. The van der Waals surface area contributed by atoms with Gasteiger partial charge in [0.15, 0.2) is 5.82 Å². The van der Waals surface area contributed by atoms with E-state index in [-0.39, 0.29) is 29.0 Å². The van der Waals surface area contributed by atoms with Gasteiger partial charge in [-0.3, -0.25) is 9.79 Å². The molecule has 0 aromatic heterocycles. The van der Waals surface area contributed by atoms with E-state index < -0.39 is 29.6 Å². The molecule has 1 rings (SSSR count). The van der Waals surface area contributed by atoms with E-state index in [1.807, 2.05) is 6.92 Å². The maximum absolute atomic E-state index is 13.5. The van der Waals surface area contributed by atoms with Crippen LogP contribution in [0.4, 0.5) is 27.6 Å². The summed E-state index contributed by atoms with van der Waals surface area (Å²) >= 11 is 0. The highest BCUT2D eigenvalue weighted by Crippen LogP contribution is 2.40. The van der Waals surface area contributed by atoms with Gasteiger partial charge in [0.1, 0.15) is 23.4 Å². The molecule has 0 fully saturated rings. The zero-order chi connectivity index (χ0) is 26.8. The smallest absolute Gasteiger partial charge is 0.300 e. The Hall–Kier alpha value is -2.30. The molecule has 0 radical (unpaired) electrons. The number of hydrogen-bond acceptors (Lipinski definition) is 3. The zero-order valence-electron chi connectivity index (χ0n) is 21.4. The second-order valence-corrected chi connectivity index (χ2v) is 9.96. The lowest BCUT2D eigenvalue weighted by Crippen LogP contribution is -2.34. The Bertz CT molecular complexity index is 852. The van der Waals surface area contributed by atoms with Gasteiger partial charge >= 0.3 is 6.18 Å². The molecule has 0 aliphatic carbocycles. The van der Waals surface area contributed by atoms with Crippen molar-refractivity contribution in [2.45, 2.75) is 94.7 Å². The zero-order valence-corrected chi connectivity index (χ0v) is 21.4. The molecule has 0 amide bonds. The molecule has 0 bridgehead atoms. The van der Waals surface area contributed by atoms with Crippen molar-refractivity contribution in [3.05, 3.63) is 28.8 Å². The van der Waals surface area contributed by atoms with Crippen molar-refractivity contribution in [2.24, 2.45) is 15.8 Å². The number of alkyl halides is 3. The summed E-state index contributed by atoms with van der Waals surface area (Å²) in [5.41, 5.74) is -0.908. The topological polar surface area (TPSA) is 53.2 Å². The average Bonchev–Trinajstić information content (AvgIpc) is 2.65. The normalized spacial score (nSPS) is 12.1. The number of benzene rings is 1. The van der Waals surface area contributed by atoms with Crippen LogP contribution in [0.25, 0.3) is 0 Å². The van der Waals surface area contributed by atoms with Crippen LogP contribution in [0.15, 0.2) is 11.1 Å². The molecular formula is C25H37F5N2O. The quantitative estimate of drug-likeness (QED) is 0.315. The molecule has 8 heteroatoms. The van der Waals surface area contributed by atoms with Crippen LogP contribution in [0, 0.1) is 40.7 Å². The first-order chi connectivity index (χ1) is 14.7. The first-order valence-corrected chi connectivity index (χ1v) is 10.7. The first kappa shape index (κ1) is 32.9. The Morgan fingerprint density at radius 1 is 1.03 bits per heavy atom. The summed E-state index contributed by atoms with van der Waals surface area (Å²) in [5, 5.41) is 8.59. The molecular weight excluding hydrogens is 439 g/mol. The summed E-state index contributed by atoms with van der Waals surface area (Å²) in [6, 6.07) is 2.49. The predicted molar refractivity (Wildman–Crippen MR) is 124 cm³/mol. The van der Waals surface area contributed by atoms with Gasteiger partial charge in [0.2, 0.25) is 0 Å². The molecule has 0 saturated carbocycles. The number of hydrogen-bond donors (Lipinski definition) is 0. The highest BCUT2D eigenvalue weighted by atomic mass is 19.4. The second kappa shape index (κ2) is 13.4. The van der Waals surface area contributed by atoms with E-state index in [9.17, 15) is 26.7 Å². The average molecular weight is 477 g/mol. The molecule has 0 aliphatic heterocycles. The van der Waals surface area contributed by atoms with Gasteiger partial charge in [-0.1, -0.05) is 55.4 Å². The number of carbonyl (C=O) groups excluding carboxylic acids is 1. The largest absolute Gasteiger partial charge is 0.394 e. The van der Waals surface area contributed by atoms with Gasteiger partial charge in [-0.05, 0) is 31.7 Å². The lowest BCUT2D eigenvalue weighted by Gasteiger charge is -2.26. The predicted octanol–water partition coefficient (Wildman–Crippen LogP) is 8.64. The highest BCUT2D eigenvalue weighted by Gasteiger charge is 2.47. The molecule has 0 atom stereocenters. The number of ketones is 1. The van der Waals surface area contributed by atoms with Crippen LogP contribution in [0.3, 0.4) is 0 Å². The number of halogens is 5. The van der Waals surface area contributed by atoms with Gasteiger partial charge in [-0.25, -0.2) is 8.78 Å². The third-order valence-electron chi connectivity index (χ3n) is 4.15. The van der Waals surface area contributed by atoms with Crippen LogP contribution >= 0.6 is 0 Å². The Morgan fingerprint density at radius 2 is 1.48 bits per heavy atom. The van der Waals surface area contributed by atoms with E-state index in [0.29, 0.717) is 17.5 Å². The molecule has 0 heterocycles. The van der Waals surface area contributed by atoms with Gasteiger partial charge in [0.05, 0.1) is 11.0 Å². The summed E-state index contributed by atoms with van der Waals surface area (Å²) < 4.78 is 63.6. The second-order valence-electron chi connectivity index (χ2n) is 9.96. The number of nitriles is 1. The third kappa shape index (κ3) is 13.1. The Kier molecular flexibility index (Phi) is 13.4. The fraction of sp³-hybridized carbons (Fsp3) is 0.640. The first-order valence-electron chi connectivity index (χ1n) is 10.7. The van der Waals surface area contributed by atoms with Gasteiger partial charge < -0.3 is 0 Å². The Morgan fingerprint density at radius 3 is 1.82 bits per heavy atom. The molecule has 0 spiro atoms. The van der Waals surface area contributed by atoms with Crippen molar-refractivity contribution >= 4 is 17.2 Å². The van der Waals surface area contributed by atoms with Crippen molar-refractivity contribution in [1.82, 2.24) is 0 Å². The number of aliphatic imine (C=N–C) groups is 1. The van der Waals surface area contributed by atoms with Crippen molar-refractivity contribution in [1.29, 1.82) is 5.26 Å². The number of carbonyl (C=O) groups is 1. The fourth-order valence-corrected chi connectivity index (χ4v) is 1.95. The van der Waals surface area contributed by atoms with Crippen molar-refractivity contribution in [2.75, 3.05) is 0 Å². The van der Waals surface area contributed by atoms with Crippen LogP contribution in [0.2, 0.25) is 0 Å². The lowest BCUT2D eigenvalue weighted by molar-refractivity contribution is -0.213. The van der Waals surface area contributed by atoms with Crippen molar-refractivity contribution in [3.8, 4) is 6.07 Å². The van der Waals surface area contributed by atoms with Crippen LogP contribution < -0.4 is 0 Å². The molecule has 1 aromatic rings. The molecule has 33 heavy (non-hydrogen) atoms. The van der Waals surface area contributed by atoms with Gasteiger partial charge in [0, 0.05) is 24.1 Å². The summed E-state index contributed by atoms with van der Waals surface area (Å²) in [6.07, 6.45) is -3.88. The standard InChI is InChI=1S/C12H12F2N2.C8H13F3O.C5H12/c1-4-7(2)16-12-8(3)11(14)9(6-15)5-10(12)13;1-4-6(12)5-7(2,3)8(9,10)11;1-5(2,3)4/h5H,4H2,1-3H3;4-5H2,1-3H3;1-4H3. The number of nitrogens with zero attached hydrogens (tertiary/aromatic N) is 2. The maximum atomic E-state index is 13.5. The van der Waals surface area contributed by atoms with Crippen LogP contribution in [-0.4, -0.2) is 17.7 Å². The number of rotatable bonds is 5. The van der Waals surface area contributed by atoms with Crippen LogP contribution in [0.5, 0.6) is 0 Å².